The molecule has 1 aromatic carbocycles. The van der Waals surface area contributed by atoms with Crippen LogP contribution in [0.5, 0.6) is 5.75 Å². The molecule has 0 amide bonds. The van der Waals surface area contributed by atoms with Gasteiger partial charge in [-0.15, -0.1) is 0 Å². The van der Waals surface area contributed by atoms with E-state index >= 15 is 0 Å². The first-order valence-corrected chi connectivity index (χ1v) is 8.33. The molecule has 1 aliphatic heterocycles. The van der Waals surface area contributed by atoms with Crippen molar-refractivity contribution in [3.63, 3.8) is 0 Å². The summed E-state index contributed by atoms with van der Waals surface area (Å²) < 4.78 is 11.0. The minimum Gasteiger partial charge on any atom is -0.497 e. The van der Waals surface area contributed by atoms with Gasteiger partial charge >= 0.3 is 0 Å². The fourth-order valence-electron chi connectivity index (χ4n) is 3.20. The highest BCUT2D eigenvalue weighted by Crippen LogP contribution is 2.41. The van der Waals surface area contributed by atoms with Crippen molar-refractivity contribution in [1.29, 1.82) is 0 Å². The molecule has 4 atom stereocenters. The van der Waals surface area contributed by atoms with Crippen LogP contribution in [-0.2, 0) is 11.2 Å². The maximum Gasteiger partial charge on any atom is 0.119 e. The topological polar surface area (TPSA) is 44.5 Å². The molecule has 0 bridgehead atoms. The first-order chi connectivity index (χ1) is 9.69. The number of methoxy groups -OCH3 is 1. The van der Waals surface area contributed by atoms with Gasteiger partial charge in [-0.3, -0.25) is 0 Å². The third-order valence-electron chi connectivity index (χ3n) is 4.46. The highest BCUT2D eigenvalue weighted by molar-refractivity contribution is 8.00. The summed E-state index contributed by atoms with van der Waals surface area (Å²) in [5, 5.41) is 1.11. The second kappa shape index (κ2) is 5.96. The fourth-order valence-corrected chi connectivity index (χ4v) is 4.75. The summed E-state index contributed by atoms with van der Waals surface area (Å²) >= 11 is 2.04. The van der Waals surface area contributed by atoms with Gasteiger partial charge in [0.1, 0.15) is 5.75 Å². The number of nitrogens with two attached hydrogens (primary N) is 1. The zero-order valence-corrected chi connectivity index (χ0v) is 13.0. The Balaban J connectivity index is 1.73. The molecule has 1 aromatic rings. The van der Waals surface area contributed by atoms with Crippen molar-refractivity contribution in [1.82, 2.24) is 0 Å². The zero-order valence-electron chi connectivity index (χ0n) is 12.2. The van der Waals surface area contributed by atoms with Crippen molar-refractivity contribution in [3.05, 3.63) is 29.3 Å². The van der Waals surface area contributed by atoms with Crippen molar-refractivity contribution >= 4 is 11.8 Å². The van der Waals surface area contributed by atoms with Gasteiger partial charge in [-0.05, 0) is 49.4 Å². The molecule has 4 unspecified atom stereocenters. The third-order valence-corrected chi connectivity index (χ3v) is 6.31. The van der Waals surface area contributed by atoms with Crippen LogP contribution in [0.3, 0.4) is 0 Å². The van der Waals surface area contributed by atoms with Crippen LogP contribution in [0, 0.1) is 0 Å². The summed E-state index contributed by atoms with van der Waals surface area (Å²) in [6, 6.07) is 6.42. The average Bonchev–Trinajstić information content (AvgIpc) is 2.87. The molecule has 1 heterocycles. The molecule has 0 radical (unpaired) electrons. The highest BCUT2D eigenvalue weighted by Gasteiger charge is 2.33. The molecule has 1 aliphatic carbocycles. The van der Waals surface area contributed by atoms with Gasteiger partial charge in [0.15, 0.2) is 0 Å². The molecule has 3 rings (SSSR count). The van der Waals surface area contributed by atoms with Crippen LogP contribution in [-0.4, -0.2) is 30.3 Å². The molecule has 20 heavy (non-hydrogen) atoms. The molecule has 0 saturated carbocycles. The number of benzene rings is 1. The van der Waals surface area contributed by atoms with Crippen LogP contribution in [0.2, 0.25) is 0 Å². The number of rotatable bonds is 3. The van der Waals surface area contributed by atoms with E-state index in [1.54, 1.807) is 7.11 Å². The van der Waals surface area contributed by atoms with Gasteiger partial charge in [0.25, 0.3) is 0 Å². The molecule has 2 N–H and O–H groups in total. The van der Waals surface area contributed by atoms with E-state index in [0.717, 1.165) is 31.6 Å². The van der Waals surface area contributed by atoms with Gasteiger partial charge in [0, 0.05) is 23.1 Å². The molecule has 0 spiro atoms. The van der Waals surface area contributed by atoms with Crippen molar-refractivity contribution in [2.75, 3.05) is 13.7 Å². The fraction of sp³-hybridized carbons (Fsp3) is 0.625. The monoisotopic (exact) mass is 293 g/mol. The summed E-state index contributed by atoms with van der Waals surface area (Å²) in [5.74, 6) is 0.930. The second-order valence-electron chi connectivity index (χ2n) is 5.71. The SMILES string of the molecule is COc1ccc2c(c1)CCC(SC1CCOC1C)C2N. The van der Waals surface area contributed by atoms with Crippen molar-refractivity contribution < 1.29 is 9.47 Å². The lowest BCUT2D eigenvalue weighted by Gasteiger charge is -2.33. The zero-order chi connectivity index (χ0) is 14.1. The summed E-state index contributed by atoms with van der Waals surface area (Å²) in [6.45, 7) is 3.08. The van der Waals surface area contributed by atoms with Crippen LogP contribution in [0.25, 0.3) is 0 Å². The van der Waals surface area contributed by atoms with Crippen molar-refractivity contribution in [2.24, 2.45) is 5.73 Å². The molecule has 110 valence electrons. The van der Waals surface area contributed by atoms with Gasteiger partial charge < -0.3 is 15.2 Å². The number of hydrogen-bond donors (Lipinski definition) is 1. The molecule has 4 heteroatoms. The molecule has 0 aromatic heterocycles. The maximum absolute atomic E-state index is 6.50. The first kappa shape index (κ1) is 14.2. The highest BCUT2D eigenvalue weighted by atomic mass is 32.2. The van der Waals surface area contributed by atoms with Crippen LogP contribution >= 0.6 is 11.8 Å². The Morgan fingerprint density at radius 2 is 2.15 bits per heavy atom. The Kier molecular flexibility index (Phi) is 4.24. The van der Waals surface area contributed by atoms with E-state index in [4.69, 9.17) is 15.2 Å². The van der Waals surface area contributed by atoms with Gasteiger partial charge in [0.2, 0.25) is 0 Å². The largest absolute Gasteiger partial charge is 0.497 e. The predicted molar refractivity (Wildman–Crippen MR) is 83.4 cm³/mol. The lowest BCUT2D eigenvalue weighted by molar-refractivity contribution is 0.127. The summed E-state index contributed by atoms with van der Waals surface area (Å²) in [5.41, 5.74) is 9.15. The minimum atomic E-state index is 0.127. The smallest absolute Gasteiger partial charge is 0.119 e. The molecular formula is C16H23NO2S. The lowest BCUT2D eigenvalue weighted by Crippen LogP contribution is -2.32. The number of fused-ring (bicyclic) bond motifs is 1. The van der Waals surface area contributed by atoms with Crippen LogP contribution in [0.4, 0.5) is 0 Å². The van der Waals surface area contributed by atoms with Crippen molar-refractivity contribution in [3.8, 4) is 5.75 Å². The summed E-state index contributed by atoms with van der Waals surface area (Å²) in [4.78, 5) is 0. The van der Waals surface area contributed by atoms with Gasteiger partial charge in [-0.1, -0.05) is 6.07 Å². The van der Waals surface area contributed by atoms with Gasteiger partial charge in [0.05, 0.1) is 13.2 Å². The third kappa shape index (κ3) is 2.69. The van der Waals surface area contributed by atoms with E-state index in [1.165, 1.54) is 11.1 Å². The quantitative estimate of drug-likeness (QED) is 0.930. The Labute approximate surface area is 125 Å². The standard InChI is InChI=1S/C16H23NO2S/c1-10-14(7-8-19-10)20-15-6-3-11-9-12(18-2)4-5-13(11)16(15)17/h4-5,9-10,14-16H,3,6-8,17H2,1-2H3. The maximum atomic E-state index is 6.50. The number of aryl methyl sites for hydroxylation is 1. The van der Waals surface area contributed by atoms with Crippen LogP contribution in [0.1, 0.15) is 36.9 Å². The lowest BCUT2D eigenvalue weighted by atomic mass is 9.87. The first-order valence-electron chi connectivity index (χ1n) is 7.38. The molecule has 1 saturated heterocycles. The Morgan fingerprint density at radius 3 is 2.85 bits per heavy atom. The van der Waals surface area contributed by atoms with E-state index in [1.807, 2.05) is 17.8 Å². The molecule has 1 fully saturated rings. The van der Waals surface area contributed by atoms with Gasteiger partial charge in [-0.2, -0.15) is 11.8 Å². The van der Waals surface area contributed by atoms with E-state index in [-0.39, 0.29) is 6.04 Å². The van der Waals surface area contributed by atoms with Crippen LogP contribution < -0.4 is 10.5 Å². The van der Waals surface area contributed by atoms with E-state index < -0.39 is 0 Å². The summed E-state index contributed by atoms with van der Waals surface area (Å²) in [7, 11) is 1.71. The number of thioether (sulfide) groups is 1. The Morgan fingerprint density at radius 1 is 1.30 bits per heavy atom. The van der Waals surface area contributed by atoms with E-state index in [2.05, 4.69) is 19.1 Å². The summed E-state index contributed by atoms with van der Waals surface area (Å²) in [6.07, 6.45) is 3.77. The Hall–Kier alpha value is -0.710. The number of ether oxygens (including phenoxy) is 2. The minimum absolute atomic E-state index is 0.127. The van der Waals surface area contributed by atoms with Gasteiger partial charge in [-0.25, -0.2) is 0 Å². The van der Waals surface area contributed by atoms with E-state index in [0.29, 0.717) is 16.6 Å². The van der Waals surface area contributed by atoms with Crippen molar-refractivity contribution in [2.45, 2.75) is 48.8 Å². The van der Waals surface area contributed by atoms with E-state index in [9.17, 15) is 0 Å². The normalized spacial score (nSPS) is 33.0. The molecular weight excluding hydrogens is 270 g/mol. The average molecular weight is 293 g/mol. The van der Waals surface area contributed by atoms with Crippen LogP contribution in [0.15, 0.2) is 18.2 Å². The second-order valence-corrected chi connectivity index (χ2v) is 7.19. The molecule has 3 nitrogen and oxygen atoms in total. The number of hydrogen-bond acceptors (Lipinski definition) is 4. The Bertz CT molecular complexity index is 480. The molecule has 2 aliphatic rings. The predicted octanol–water partition coefficient (Wildman–Crippen LogP) is 2.92.